The Morgan fingerprint density at radius 1 is 0.967 bits per heavy atom. The minimum Gasteiger partial charge on any atom is -0.403 e. The van der Waals surface area contributed by atoms with Crippen LogP contribution >= 0.6 is 0 Å². The van der Waals surface area contributed by atoms with Crippen LogP contribution in [0, 0.1) is 11.6 Å². The van der Waals surface area contributed by atoms with Gasteiger partial charge >= 0.3 is 6.36 Å². The average Bonchev–Trinajstić information content (AvgIpc) is 2.68. The highest BCUT2D eigenvalue weighted by atomic mass is 19.4. The fourth-order valence-corrected chi connectivity index (χ4v) is 2.95. The number of aromatic amines is 1. The molecule has 1 aromatic heterocycles. The van der Waals surface area contributed by atoms with E-state index in [2.05, 4.69) is 9.72 Å². The molecule has 0 saturated carbocycles. The SMILES string of the molecule is O=C(CC(c1ccc(F)cc1)c1ccc(OC(F)(F)F)c(F)c1)c1ccc(=O)[nH]c1. The lowest BCUT2D eigenvalue weighted by Crippen LogP contribution is -2.18. The molecule has 0 amide bonds. The van der Waals surface area contributed by atoms with Crippen molar-refractivity contribution in [2.24, 2.45) is 0 Å². The Morgan fingerprint density at radius 3 is 2.20 bits per heavy atom. The van der Waals surface area contributed by atoms with E-state index in [1.54, 1.807) is 0 Å². The molecule has 1 unspecified atom stereocenters. The summed E-state index contributed by atoms with van der Waals surface area (Å²) in [5.74, 6) is -3.97. The molecule has 0 aliphatic rings. The molecule has 0 bridgehead atoms. The van der Waals surface area contributed by atoms with Crippen LogP contribution in [-0.2, 0) is 0 Å². The maximum atomic E-state index is 14.2. The molecule has 3 rings (SSSR count). The number of halogens is 5. The zero-order valence-corrected chi connectivity index (χ0v) is 15.2. The molecule has 156 valence electrons. The second kappa shape index (κ2) is 8.48. The van der Waals surface area contributed by atoms with E-state index in [9.17, 15) is 31.5 Å². The number of ether oxygens (including phenoxy) is 1. The number of carbonyl (C=O) groups excluding carboxylic acids is 1. The number of ketones is 1. The molecule has 0 radical (unpaired) electrons. The molecule has 0 aliphatic carbocycles. The first-order valence-electron chi connectivity index (χ1n) is 8.65. The largest absolute Gasteiger partial charge is 0.573 e. The van der Waals surface area contributed by atoms with Gasteiger partial charge in [0.05, 0.1) is 0 Å². The van der Waals surface area contributed by atoms with Gasteiger partial charge in [0.15, 0.2) is 17.3 Å². The number of hydrogen-bond acceptors (Lipinski definition) is 3. The van der Waals surface area contributed by atoms with Gasteiger partial charge in [0.25, 0.3) is 0 Å². The van der Waals surface area contributed by atoms with Crippen LogP contribution in [0.15, 0.2) is 65.6 Å². The van der Waals surface area contributed by atoms with Gasteiger partial charge in [-0.25, -0.2) is 8.78 Å². The van der Waals surface area contributed by atoms with E-state index in [1.165, 1.54) is 36.5 Å². The second-order valence-electron chi connectivity index (χ2n) is 6.41. The van der Waals surface area contributed by atoms with Gasteiger partial charge in [0.1, 0.15) is 5.82 Å². The number of nitrogens with one attached hydrogen (secondary N) is 1. The van der Waals surface area contributed by atoms with Crippen molar-refractivity contribution < 1.29 is 31.5 Å². The van der Waals surface area contributed by atoms with Crippen LogP contribution in [0.4, 0.5) is 22.0 Å². The quantitative estimate of drug-likeness (QED) is 0.451. The summed E-state index contributed by atoms with van der Waals surface area (Å²) >= 11 is 0. The summed E-state index contributed by atoms with van der Waals surface area (Å²) < 4.78 is 68.3. The highest BCUT2D eigenvalue weighted by Crippen LogP contribution is 2.33. The molecule has 0 saturated heterocycles. The highest BCUT2D eigenvalue weighted by Gasteiger charge is 2.32. The van der Waals surface area contributed by atoms with Crippen molar-refractivity contribution in [1.29, 1.82) is 0 Å². The molecule has 1 heterocycles. The number of hydrogen-bond donors (Lipinski definition) is 1. The first-order valence-corrected chi connectivity index (χ1v) is 8.65. The minimum atomic E-state index is -5.06. The fourth-order valence-electron chi connectivity index (χ4n) is 2.95. The third-order valence-corrected chi connectivity index (χ3v) is 4.35. The number of pyridine rings is 1. The summed E-state index contributed by atoms with van der Waals surface area (Å²) in [6.45, 7) is 0. The molecule has 4 nitrogen and oxygen atoms in total. The van der Waals surface area contributed by atoms with E-state index in [-0.39, 0.29) is 17.5 Å². The lowest BCUT2D eigenvalue weighted by molar-refractivity contribution is -0.275. The normalized spacial score (nSPS) is 12.4. The van der Waals surface area contributed by atoms with E-state index in [0.717, 1.165) is 24.3 Å². The predicted molar refractivity (Wildman–Crippen MR) is 97.3 cm³/mol. The Bertz CT molecular complexity index is 1090. The van der Waals surface area contributed by atoms with Crippen LogP contribution in [0.25, 0.3) is 0 Å². The van der Waals surface area contributed by atoms with Gasteiger partial charge in [-0.05, 0) is 41.5 Å². The fraction of sp³-hybridized carbons (Fsp3) is 0.143. The third-order valence-electron chi connectivity index (χ3n) is 4.35. The molecule has 0 fully saturated rings. The number of rotatable bonds is 6. The Balaban J connectivity index is 1.96. The van der Waals surface area contributed by atoms with Crippen molar-refractivity contribution in [3.05, 3.63) is 99.5 Å². The zero-order chi connectivity index (χ0) is 21.9. The summed E-state index contributed by atoms with van der Waals surface area (Å²) in [4.78, 5) is 26.2. The molecule has 1 N–H and O–H groups in total. The van der Waals surface area contributed by atoms with Gasteiger partial charge < -0.3 is 9.72 Å². The van der Waals surface area contributed by atoms with Crippen molar-refractivity contribution in [3.63, 3.8) is 0 Å². The molecular weight excluding hydrogens is 409 g/mol. The van der Waals surface area contributed by atoms with Gasteiger partial charge in [-0.2, -0.15) is 0 Å². The number of alkyl halides is 3. The number of H-pyrrole nitrogens is 1. The van der Waals surface area contributed by atoms with Gasteiger partial charge in [-0.1, -0.05) is 18.2 Å². The Hall–Kier alpha value is -3.49. The summed E-state index contributed by atoms with van der Waals surface area (Å²) in [6.07, 6.45) is -4.03. The number of benzene rings is 2. The van der Waals surface area contributed by atoms with E-state index < -0.39 is 41.0 Å². The van der Waals surface area contributed by atoms with Gasteiger partial charge in [-0.15, -0.1) is 13.2 Å². The molecular formula is C21H14F5NO3. The van der Waals surface area contributed by atoms with Crippen LogP contribution in [0.1, 0.15) is 33.8 Å². The molecule has 1 atom stereocenters. The molecule has 3 aromatic rings. The monoisotopic (exact) mass is 423 g/mol. The van der Waals surface area contributed by atoms with Crippen LogP contribution < -0.4 is 10.3 Å². The topological polar surface area (TPSA) is 59.2 Å². The Kier molecular flexibility index (Phi) is 6.00. The van der Waals surface area contributed by atoms with Gasteiger partial charge in [0, 0.05) is 30.2 Å². The summed E-state index contributed by atoms with van der Waals surface area (Å²) in [6, 6.07) is 10.5. The van der Waals surface area contributed by atoms with E-state index in [4.69, 9.17) is 0 Å². The van der Waals surface area contributed by atoms with Crippen LogP contribution in [0.5, 0.6) is 5.75 Å². The predicted octanol–water partition coefficient (Wildman–Crippen LogP) is 4.96. The third kappa shape index (κ3) is 5.31. The van der Waals surface area contributed by atoms with Crippen molar-refractivity contribution in [2.75, 3.05) is 0 Å². The smallest absolute Gasteiger partial charge is 0.403 e. The van der Waals surface area contributed by atoms with Crippen molar-refractivity contribution >= 4 is 5.78 Å². The van der Waals surface area contributed by atoms with Gasteiger partial charge in [-0.3, -0.25) is 9.59 Å². The molecule has 0 aliphatic heterocycles. The van der Waals surface area contributed by atoms with Crippen LogP contribution in [-0.4, -0.2) is 17.1 Å². The van der Waals surface area contributed by atoms with Crippen molar-refractivity contribution in [3.8, 4) is 5.75 Å². The Labute approximate surface area is 166 Å². The van der Waals surface area contributed by atoms with E-state index >= 15 is 0 Å². The number of Topliss-reactive ketones (excluding diaryl/α,β-unsaturated/α-hetero) is 1. The van der Waals surface area contributed by atoms with Crippen LogP contribution in [0.3, 0.4) is 0 Å². The first-order chi connectivity index (χ1) is 14.1. The number of aromatic nitrogens is 1. The van der Waals surface area contributed by atoms with E-state index in [0.29, 0.717) is 5.56 Å². The average molecular weight is 423 g/mol. The van der Waals surface area contributed by atoms with Crippen molar-refractivity contribution in [2.45, 2.75) is 18.7 Å². The lowest BCUT2D eigenvalue weighted by Gasteiger charge is -2.19. The highest BCUT2D eigenvalue weighted by molar-refractivity contribution is 5.96. The Morgan fingerprint density at radius 2 is 1.63 bits per heavy atom. The van der Waals surface area contributed by atoms with Crippen molar-refractivity contribution in [1.82, 2.24) is 4.98 Å². The van der Waals surface area contributed by atoms with Gasteiger partial charge in [0.2, 0.25) is 5.56 Å². The number of carbonyl (C=O) groups is 1. The zero-order valence-electron chi connectivity index (χ0n) is 15.2. The molecule has 2 aromatic carbocycles. The molecule has 30 heavy (non-hydrogen) atoms. The maximum Gasteiger partial charge on any atom is 0.573 e. The maximum absolute atomic E-state index is 14.2. The molecule has 9 heteroatoms. The summed E-state index contributed by atoms with van der Waals surface area (Å²) in [7, 11) is 0. The van der Waals surface area contributed by atoms with E-state index in [1.807, 2.05) is 0 Å². The van der Waals surface area contributed by atoms with Crippen LogP contribution in [0.2, 0.25) is 0 Å². The summed E-state index contributed by atoms with van der Waals surface area (Å²) in [5.41, 5.74) is 0.452. The lowest BCUT2D eigenvalue weighted by atomic mass is 9.86. The minimum absolute atomic E-state index is 0.194. The molecule has 0 spiro atoms. The standard InChI is InChI=1S/C21H14F5NO3/c22-15-5-1-12(2-6-15)16(10-18(28)14-4-8-20(29)27-11-14)13-3-7-19(17(23)9-13)30-21(24,25)26/h1-9,11,16H,10H2,(H,27,29). The second-order valence-corrected chi connectivity index (χ2v) is 6.41. The first kappa shape index (κ1) is 21.2. The summed E-state index contributed by atoms with van der Waals surface area (Å²) in [5, 5.41) is 0.